The summed E-state index contributed by atoms with van der Waals surface area (Å²) in [7, 11) is 0. The summed E-state index contributed by atoms with van der Waals surface area (Å²) >= 11 is 1.63. The highest BCUT2D eigenvalue weighted by Crippen LogP contribution is 2.39. The van der Waals surface area contributed by atoms with E-state index in [1.165, 1.54) is 0 Å². The minimum absolute atomic E-state index is 0.0496. The second-order valence-electron chi connectivity index (χ2n) is 6.49. The molecule has 1 aromatic rings. The van der Waals surface area contributed by atoms with Gasteiger partial charge in [0.1, 0.15) is 11.6 Å². The number of thiophene rings is 1. The summed E-state index contributed by atoms with van der Waals surface area (Å²) in [6.07, 6.45) is 3.62. The Bertz CT molecular complexity index is 532. The topological polar surface area (TPSA) is 49.4 Å². The maximum absolute atomic E-state index is 12.9. The van der Waals surface area contributed by atoms with E-state index in [1.807, 2.05) is 30.2 Å². The Labute approximate surface area is 129 Å². The number of nitrogens with one attached hydrogen (secondary N) is 1. The van der Waals surface area contributed by atoms with Gasteiger partial charge in [0, 0.05) is 6.54 Å². The van der Waals surface area contributed by atoms with Gasteiger partial charge in [-0.15, -0.1) is 0 Å². The van der Waals surface area contributed by atoms with E-state index in [0.717, 1.165) is 31.2 Å². The fourth-order valence-electron chi connectivity index (χ4n) is 3.54. The van der Waals surface area contributed by atoms with Crippen LogP contribution in [0.5, 0.6) is 0 Å². The second kappa shape index (κ2) is 5.44. The van der Waals surface area contributed by atoms with E-state index in [2.05, 4.69) is 10.7 Å². The molecule has 1 unspecified atom stereocenters. The smallest absolute Gasteiger partial charge is 0.246 e. The van der Waals surface area contributed by atoms with Crippen molar-refractivity contribution >= 4 is 23.2 Å². The monoisotopic (exact) mass is 306 g/mol. The molecule has 1 atom stereocenters. The summed E-state index contributed by atoms with van der Waals surface area (Å²) in [4.78, 5) is 27.5. The molecule has 0 radical (unpaired) electrons. The lowest BCUT2D eigenvalue weighted by Gasteiger charge is -2.47. The van der Waals surface area contributed by atoms with Gasteiger partial charge in [0.05, 0.1) is 0 Å². The van der Waals surface area contributed by atoms with Crippen LogP contribution in [0, 0.1) is 5.92 Å². The third kappa shape index (κ3) is 2.37. The summed E-state index contributed by atoms with van der Waals surface area (Å²) in [6.45, 7) is 4.52. The van der Waals surface area contributed by atoms with Gasteiger partial charge in [0.2, 0.25) is 11.8 Å². The molecule has 0 bridgehead atoms. The molecule has 2 heterocycles. The number of piperazine rings is 1. The number of carbonyl (C=O) groups is 2. The van der Waals surface area contributed by atoms with E-state index < -0.39 is 5.54 Å². The van der Waals surface area contributed by atoms with Gasteiger partial charge in [-0.3, -0.25) is 9.59 Å². The predicted octanol–water partition coefficient (Wildman–Crippen LogP) is 2.54. The first kappa shape index (κ1) is 14.6. The fraction of sp³-hybridized carbons (Fsp3) is 0.625. The van der Waals surface area contributed by atoms with E-state index in [1.54, 1.807) is 11.3 Å². The lowest BCUT2D eigenvalue weighted by molar-refractivity contribution is -0.159. The van der Waals surface area contributed by atoms with Crippen molar-refractivity contribution in [3.8, 4) is 0 Å². The van der Waals surface area contributed by atoms with Gasteiger partial charge in [-0.1, -0.05) is 26.7 Å². The lowest BCUT2D eigenvalue weighted by atomic mass is 9.86. The summed E-state index contributed by atoms with van der Waals surface area (Å²) < 4.78 is 0. The van der Waals surface area contributed by atoms with Crippen LogP contribution in [0.3, 0.4) is 0 Å². The van der Waals surface area contributed by atoms with Crippen LogP contribution in [-0.4, -0.2) is 28.3 Å². The first-order valence-corrected chi connectivity index (χ1v) is 8.62. The van der Waals surface area contributed by atoms with E-state index in [-0.39, 0.29) is 23.8 Å². The summed E-state index contributed by atoms with van der Waals surface area (Å²) in [6, 6.07) is 1.65. The van der Waals surface area contributed by atoms with Crippen molar-refractivity contribution in [2.24, 2.45) is 5.92 Å². The Hall–Kier alpha value is -1.36. The molecule has 2 fully saturated rings. The maximum Gasteiger partial charge on any atom is 0.246 e. The standard InChI is InChI=1S/C16H22N2O2S/c1-11(2)13-14(19)18(9-12-5-8-21-10-12)16(15(20)17-13)6-3-4-7-16/h5,8,10-11,13H,3-4,6-7,9H2,1-2H3,(H,17,20). The molecule has 21 heavy (non-hydrogen) atoms. The summed E-state index contributed by atoms with van der Waals surface area (Å²) in [5.41, 5.74) is 0.515. The van der Waals surface area contributed by atoms with Crippen LogP contribution in [0.25, 0.3) is 0 Å². The first-order valence-electron chi connectivity index (χ1n) is 7.68. The largest absolute Gasteiger partial charge is 0.342 e. The van der Waals surface area contributed by atoms with Gasteiger partial charge in [-0.2, -0.15) is 11.3 Å². The van der Waals surface area contributed by atoms with Crippen molar-refractivity contribution in [3.05, 3.63) is 22.4 Å². The molecule has 1 saturated heterocycles. The van der Waals surface area contributed by atoms with Crippen LogP contribution >= 0.6 is 11.3 Å². The molecule has 2 aliphatic rings. The van der Waals surface area contributed by atoms with Crippen molar-refractivity contribution in [3.63, 3.8) is 0 Å². The summed E-state index contributed by atoms with van der Waals surface area (Å²) in [5.74, 6) is 0.247. The summed E-state index contributed by atoms with van der Waals surface area (Å²) in [5, 5.41) is 7.06. The van der Waals surface area contributed by atoms with Crippen molar-refractivity contribution in [1.29, 1.82) is 0 Å². The molecule has 1 saturated carbocycles. The van der Waals surface area contributed by atoms with Gasteiger partial charge in [0.25, 0.3) is 0 Å². The normalized spacial score (nSPS) is 24.9. The number of hydrogen-bond acceptors (Lipinski definition) is 3. The molecule has 114 valence electrons. The first-order chi connectivity index (χ1) is 10.0. The molecule has 2 amide bonds. The van der Waals surface area contributed by atoms with Crippen LogP contribution in [0.1, 0.15) is 45.1 Å². The molecule has 1 spiro atoms. The zero-order chi connectivity index (χ0) is 15.0. The van der Waals surface area contributed by atoms with Crippen LogP contribution in [-0.2, 0) is 16.1 Å². The molecular weight excluding hydrogens is 284 g/mol. The number of nitrogens with zero attached hydrogens (tertiary/aromatic N) is 1. The molecular formula is C16H22N2O2S. The van der Waals surface area contributed by atoms with Crippen molar-refractivity contribution in [2.75, 3.05) is 0 Å². The van der Waals surface area contributed by atoms with E-state index >= 15 is 0 Å². The second-order valence-corrected chi connectivity index (χ2v) is 7.27. The molecule has 1 aliphatic carbocycles. The van der Waals surface area contributed by atoms with Crippen LogP contribution in [0.15, 0.2) is 16.8 Å². The van der Waals surface area contributed by atoms with E-state index in [4.69, 9.17) is 0 Å². The zero-order valence-electron chi connectivity index (χ0n) is 12.6. The average molecular weight is 306 g/mol. The zero-order valence-corrected chi connectivity index (χ0v) is 13.4. The number of carbonyl (C=O) groups excluding carboxylic acids is 2. The average Bonchev–Trinajstić information content (AvgIpc) is 3.10. The molecule has 1 N–H and O–H groups in total. The Balaban J connectivity index is 1.95. The van der Waals surface area contributed by atoms with Gasteiger partial charge in [-0.25, -0.2) is 0 Å². The van der Waals surface area contributed by atoms with Crippen molar-refractivity contribution in [1.82, 2.24) is 10.2 Å². The Morgan fingerprint density at radius 1 is 1.38 bits per heavy atom. The molecule has 0 aromatic carbocycles. The van der Waals surface area contributed by atoms with Crippen molar-refractivity contribution < 1.29 is 9.59 Å². The van der Waals surface area contributed by atoms with Crippen LogP contribution in [0.4, 0.5) is 0 Å². The highest BCUT2D eigenvalue weighted by Gasteiger charge is 2.54. The third-order valence-corrected chi connectivity index (χ3v) is 5.51. The van der Waals surface area contributed by atoms with Crippen LogP contribution in [0.2, 0.25) is 0 Å². The SMILES string of the molecule is CC(C)C1NC(=O)C2(CCCC2)N(Cc2ccsc2)C1=O. The van der Waals surface area contributed by atoms with Gasteiger partial charge in [0.15, 0.2) is 0 Å². The molecule has 5 heteroatoms. The lowest BCUT2D eigenvalue weighted by Crippen LogP contribution is -2.70. The Morgan fingerprint density at radius 3 is 2.67 bits per heavy atom. The minimum atomic E-state index is -0.607. The predicted molar refractivity (Wildman–Crippen MR) is 82.8 cm³/mol. The Morgan fingerprint density at radius 2 is 2.10 bits per heavy atom. The molecule has 4 nitrogen and oxygen atoms in total. The number of amides is 2. The van der Waals surface area contributed by atoms with E-state index in [0.29, 0.717) is 6.54 Å². The Kier molecular flexibility index (Phi) is 3.78. The molecule has 3 rings (SSSR count). The van der Waals surface area contributed by atoms with E-state index in [9.17, 15) is 9.59 Å². The third-order valence-electron chi connectivity index (χ3n) is 4.78. The number of hydrogen-bond donors (Lipinski definition) is 1. The molecule has 1 aromatic heterocycles. The molecule has 1 aliphatic heterocycles. The highest BCUT2D eigenvalue weighted by atomic mass is 32.1. The van der Waals surface area contributed by atoms with Gasteiger partial charge < -0.3 is 10.2 Å². The van der Waals surface area contributed by atoms with Crippen LogP contribution < -0.4 is 5.32 Å². The highest BCUT2D eigenvalue weighted by molar-refractivity contribution is 7.07. The number of rotatable bonds is 3. The quantitative estimate of drug-likeness (QED) is 0.933. The van der Waals surface area contributed by atoms with Gasteiger partial charge in [-0.05, 0) is 41.1 Å². The van der Waals surface area contributed by atoms with Gasteiger partial charge >= 0.3 is 0 Å². The maximum atomic E-state index is 12.9. The van der Waals surface area contributed by atoms with Crippen molar-refractivity contribution in [2.45, 2.75) is 57.7 Å². The fourth-order valence-corrected chi connectivity index (χ4v) is 4.20. The minimum Gasteiger partial charge on any atom is -0.342 e.